The van der Waals surface area contributed by atoms with Crippen LogP contribution in [0.1, 0.15) is 44.2 Å². The van der Waals surface area contributed by atoms with E-state index in [1.165, 1.54) is 12.1 Å². The van der Waals surface area contributed by atoms with Crippen molar-refractivity contribution in [1.82, 2.24) is 5.32 Å². The van der Waals surface area contributed by atoms with E-state index in [1.54, 1.807) is 11.0 Å². The van der Waals surface area contributed by atoms with Crippen LogP contribution in [0, 0.1) is 11.7 Å². The first-order valence-electron chi connectivity index (χ1n) is 10.9. The molecule has 1 heterocycles. The lowest BCUT2D eigenvalue weighted by atomic mass is 10.1. The van der Waals surface area contributed by atoms with E-state index in [4.69, 9.17) is 4.74 Å². The average molecular weight is 427 g/mol. The van der Waals surface area contributed by atoms with Crippen molar-refractivity contribution in [2.24, 2.45) is 5.92 Å². The monoisotopic (exact) mass is 426 g/mol. The maximum absolute atomic E-state index is 13.6. The minimum absolute atomic E-state index is 0.0127. The molecule has 1 aliphatic rings. The number of benzene rings is 2. The Bertz CT molecular complexity index is 877. The Morgan fingerprint density at radius 3 is 2.58 bits per heavy atom. The lowest BCUT2D eigenvalue weighted by Gasteiger charge is -2.24. The minimum atomic E-state index is -0.321. The molecule has 5 nitrogen and oxygen atoms in total. The second kappa shape index (κ2) is 11.0. The molecule has 1 unspecified atom stereocenters. The van der Waals surface area contributed by atoms with Gasteiger partial charge in [0, 0.05) is 25.3 Å². The lowest BCUT2D eigenvalue weighted by molar-refractivity contribution is -0.121. The second-order valence-electron chi connectivity index (χ2n) is 8.49. The van der Waals surface area contributed by atoms with E-state index >= 15 is 0 Å². The van der Waals surface area contributed by atoms with Crippen LogP contribution in [-0.4, -0.2) is 31.1 Å². The van der Waals surface area contributed by atoms with Gasteiger partial charge in [-0.1, -0.05) is 38.1 Å². The Morgan fingerprint density at radius 1 is 1.16 bits per heavy atom. The standard InChI is InChI=1S/C25H31FN2O3/c1-18(2)13-25(30)28(17-20-5-3-6-21(26)14-20)22-10-8-19(9-11-22)15-24(29)27-16-23-7-4-12-31-23/h3,5-6,8-11,14,18,23H,4,7,12-13,15-17H2,1-2H3,(H,27,29). The number of nitrogens with zero attached hydrogens (tertiary/aromatic N) is 1. The van der Waals surface area contributed by atoms with E-state index < -0.39 is 0 Å². The molecular formula is C25H31FN2O3. The molecule has 1 N–H and O–H groups in total. The van der Waals surface area contributed by atoms with Gasteiger partial charge in [-0.2, -0.15) is 0 Å². The summed E-state index contributed by atoms with van der Waals surface area (Å²) in [6.07, 6.45) is 2.83. The highest BCUT2D eigenvalue weighted by molar-refractivity contribution is 5.93. The quantitative estimate of drug-likeness (QED) is 0.652. The van der Waals surface area contributed by atoms with Crippen molar-refractivity contribution in [2.75, 3.05) is 18.1 Å². The van der Waals surface area contributed by atoms with Crippen molar-refractivity contribution in [3.05, 3.63) is 65.5 Å². The van der Waals surface area contributed by atoms with Crippen molar-refractivity contribution in [3.8, 4) is 0 Å². The van der Waals surface area contributed by atoms with Gasteiger partial charge in [0.15, 0.2) is 0 Å². The first kappa shape index (κ1) is 22.9. The molecule has 0 spiro atoms. The van der Waals surface area contributed by atoms with Gasteiger partial charge in [-0.15, -0.1) is 0 Å². The molecule has 166 valence electrons. The number of halogens is 1. The number of carbonyl (C=O) groups excluding carboxylic acids is 2. The van der Waals surface area contributed by atoms with Crippen LogP contribution >= 0.6 is 0 Å². The van der Waals surface area contributed by atoms with Crippen LogP contribution in [0.3, 0.4) is 0 Å². The highest BCUT2D eigenvalue weighted by Gasteiger charge is 2.19. The van der Waals surface area contributed by atoms with Gasteiger partial charge in [-0.05, 0) is 54.2 Å². The molecule has 1 saturated heterocycles. The molecule has 0 bridgehead atoms. The van der Waals surface area contributed by atoms with Gasteiger partial charge in [0.2, 0.25) is 11.8 Å². The molecule has 1 aliphatic heterocycles. The number of anilines is 1. The van der Waals surface area contributed by atoms with Crippen molar-refractivity contribution in [3.63, 3.8) is 0 Å². The topological polar surface area (TPSA) is 58.6 Å². The van der Waals surface area contributed by atoms with E-state index in [9.17, 15) is 14.0 Å². The molecule has 6 heteroatoms. The first-order chi connectivity index (χ1) is 14.9. The number of ether oxygens (including phenoxy) is 1. The van der Waals surface area contributed by atoms with E-state index in [0.29, 0.717) is 19.5 Å². The molecule has 1 fully saturated rings. The average Bonchev–Trinajstić information content (AvgIpc) is 3.24. The van der Waals surface area contributed by atoms with Gasteiger partial charge >= 0.3 is 0 Å². The summed E-state index contributed by atoms with van der Waals surface area (Å²) in [6.45, 7) is 5.60. The minimum Gasteiger partial charge on any atom is -0.376 e. The molecule has 0 radical (unpaired) electrons. The summed E-state index contributed by atoms with van der Waals surface area (Å²) in [5, 5.41) is 2.92. The van der Waals surface area contributed by atoms with Gasteiger partial charge in [-0.25, -0.2) is 4.39 Å². The van der Waals surface area contributed by atoms with Gasteiger partial charge in [-0.3, -0.25) is 9.59 Å². The fraction of sp³-hybridized carbons (Fsp3) is 0.440. The van der Waals surface area contributed by atoms with Crippen LogP contribution in [-0.2, 0) is 27.3 Å². The van der Waals surface area contributed by atoms with Crippen LogP contribution < -0.4 is 10.2 Å². The van der Waals surface area contributed by atoms with Crippen LogP contribution in [0.25, 0.3) is 0 Å². The zero-order valence-corrected chi connectivity index (χ0v) is 18.3. The van der Waals surface area contributed by atoms with E-state index in [0.717, 1.165) is 36.3 Å². The number of carbonyl (C=O) groups is 2. The van der Waals surface area contributed by atoms with E-state index in [-0.39, 0.29) is 36.1 Å². The Kier molecular flexibility index (Phi) is 8.18. The molecule has 3 rings (SSSR count). The molecule has 0 aromatic heterocycles. The smallest absolute Gasteiger partial charge is 0.227 e. The van der Waals surface area contributed by atoms with Gasteiger partial charge in [0.25, 0.3) is 0 Å². The van der Waals surface area contributed by atoms with Crippen molar-refractivity contribution < 1.29 is 18.7 Å². The number of rotatable bonds is 9. The zero-order valence-electron chi connectivity index (χ0n) is 18.3. The number of amides is 2. The van der Waals surface area contributed by atoms with Crippen LogP contribution in [0.15, 0.2) is 48.5 Å². The molecule has 2 amide bonds. The molecule has 2 aromatic carbocycles. The molecule has 2 aromatic rings. The summed E-state index contributed by atoms with van der Waals surface area (Å²) in [7, 11) is 0. The third-order valence-corrected chi connectivity index (χ3v) is 5.28. The van der Waals surface area contributed by atoms with Crippen molar-refractivity contribution >= 4 is 17.5 Å². The van der Waals surface area contributed by atoms with Crippen LogP contribution in [0.4, 0.5) is 10.1 Å². The fourth-order valence-corrected chi connectivity index (χ4v) is 3.68. The lowest BCUT2D eigenvalue weighted by Crippen LogP contribution is -2.33. The number of nitrogens with one attached hydrogen (secondary N) is 1. The summed E-state index contributed by atoms with van der Waals surface area (Å²) in [4.78, 5) is 26.8. The van der Waals surface area contributed by atoms with Crippen molar-refractivity contribution in [2.45, 2.75) is 52.2 Å². The second-order valence-corrected chi connectivity index (χ2v) is 8.49. The van der Waals surface area contributed by atoms with Crippen LogP contribution in [0.5, 0.6) is 0 Å². The zero-order chi connectivity index (χ0) is 22.2. The molecule has 1 atom stereocenters. The largest absolute Gasteiger partial charge is 0.376 e. The predicted octanol–water partition coefficient (Wildman–Crippen LogP) is 4.24. The Hall–Kier alpha value is -2.73. The summed E-state index contributed by atoms with van der Waals surface area (Å²) in [5.74, 6) is -0.162. The predicted molar refractivity (Wildman–Crippen MR) is 119 cm³/mol. The Morgan fingerprint density at radius 2 is 1.94 bits per heavy atom. The normalized spacial score (nSPS) is 15.8. The third-order valence-electron chi connectivity index (χ3n) is 5.28. The summed E-state index contributed by atoms with van der Waals surface area (Å²) < 4.78 is 19.1. The first-order valence-corrected chi connectivity index (χ1v) is 10.9. The molecular weight excluding hydrogens is 395 g/mol. The van der Waals surface area contributed by atoms with Gasteiger partial charge in [0.1, 0.15) is 5.82 Å². The fourth-order valence-electron chi connectivity index (χ4n) is 3.68. The molecule has 0 aliphatic carbocycles. The van der Waals surface area contributed by atoms with Crippen LogP contribution in [0.2, 0.25) is 0 Å². The Labute approximate surface area is 183 Å². The van der Waals surface area contributed by atoms with Gasteiger partial charge in [0.05, 0.1) is 19.1 Å². The number of hydrogen-bond acceptors (Lipinski definition) is 3. The highest BCUT2D eigenvalue weighted by Crippen LogP contribution is 2.21. The molecule has 0 saturated carbocycles. The maximum atomic E-state index is 13.6. The highest BCUT2D eigenvalue weighted by atomic mass is 19.1. The summed E-state index contributed by atoms with van der Waals surface area (Å²) in [5.41, 5.74) is 2.34. The SMILES string of the molecule is CC(C)CC(=O)N(Cc1cccc(F)c1)c1ccc(CC(=O)NCC2CCCO2)cc1. The maximum Gasteiger partial charge on any atom is 0.227 e. The Balaban J connectivity index is 1.65. The number of hydrogen-bond donors (Lipinski definition) is 1. The third kappa shape index (κ3) is 7.17. The van der Waals surface area contributed by atoms with E-state index in [1.807, 2.05) is 44.2 Å². The molecule has 31 heavy (non-hydrogen) atoms. The van der Waals surface area contributed by atoms with Gasteiger partial charge < -0.3 is 15.0 Å². The van der Waals surface area contributed by atoms with E-state index in [2.05, 4.69) is 5.32 Å². The summed E-state index contributed by atoms with van der Waals surface area (Å²) in [6, 6.07) is 13.7. The summed E-state index contributed by atoms with van der Waals surface area (Å²) >= 11 is 0. The van der Waals surface area contributed by atoms with Crippen molar-refractivity contribution in [1.29, 1.82) is 0 Å².